The second-order valence-corrected chi connectivity index (χ2v) is 3.25. The first kappa shape index (κ1) is 9.92. The van der Waals surface area contributed by atoms with Crippen molar-refractivity contribution in [3.05, 3.63) is 0 Å². The van der Waals surface area contributed by atoms with Gasteiger partial charge >= 0.3 is 0 Å². The number of carbonyl (C=O) groups is 1. The minimum Gasteiger partial charge on any atom is -0.320 e. The summed E-state index contributed by atoms with van der Waals surface area (Å²) in [6.45, 7) is 4.18. The van der Waals surface area contributed by atoms with Crippen molar-refractivity contribution in [3.63, 3.8) is 0 Å². The van der Waals surface area contributed by atoms with Crippen molar-refractivity contribution in [1.29, 1.82) is 0 Å². The molecule has 2 N–H and O–H groups in total. The fourth-order valence-corrected chi connectivity index (χ4v) is 0.735. The Labute approximate surface area is 66.7 Å². The Morgan fingerprint density at radius 1 is 1.50 bits per heavy atom. The van der Waals surface area contributed by atoms with E-state index in [2.05, 4.69) is 13.8 Å². The molecule has 10 heavy (non-hydrogen) atoms. The van der Waals surface area contributed by atoms with Crippen molar-refractivity contribution in [2.75, 3.05) is 0 Å². The van der Waals surface area contributed by atoms with Gasteiger partial charge in [0, 0.05) is 0 Å². The predicted molar refractivity (Wildman–Crippen MR) is 42.9 cm³/mol. The van der Waals surface area contributed by atoms with Crippen LogP contribution >= 0.6 is 11.6 Å². The maximum Gasteiger partial charge on any atom is 0.238 e. The van der Waals surface area contributed by atoms with E-state index in [1.54, 1.807) is 0 Å². The molecule has 2 nitrogen and oxygen atoms in total. The van der Waals surface area contributed by atoms with E-state index in [1.165, 1.54) is 0 Å². The highest BCUT2D eigenvalue weighted by Crippen LogP contribution is 2.06. The van der Waals surface area contributed by atoms with Crippen molar-refractivity contribution in [1.82, 2.24) is 0 Å². The highest BCUT2D eigenvalue weighted by atomic mass is 35.5. The van der Waals surface area contributed by atoms with Gasteiger partial charge in [-0.15, -0.1) is 0 Å². The standard InChI is InChI=1S/C7H14ClNO/c1-5(2)3-4-6(9)7(8)10/h5-6H,3-4,9H2,1-2H3/t6-/m1/s1. The van der Waals surface area contributed by atoms with E-state index in [0.29, 0.717) is 12.3 Å². The van der Waals surface area contributed by atoms with E-state index in [4.69, 9.17) is 17.3 Å². The molecule has 0 saturated heterocycles. The highest BCUT2D eigenvalue weighted by Gasteiger charge is 2.09. The maximum atomic E-state index is 10.4. The summed E-state index contributed by atoms with van der Waals surface area (Å²) in [5.41, 5.74) is 5.38. The summed E-state index contributed by atoms with van der Waals surface area (Å²) in [6, 6.07) is -0.468. The van der Waals surface area contributed by atoms with Gasteiger partial charge in [0.2, 0.25) is 5.24 Å². The first-order valence-electron chi connectivity index (χ1n) is 3.49. The zero-order valence-corrected chi connectivity index (χ0v) is 7.19. The number of nitrogens with two attached hydrogens (primary N) is 1. The summed E-state index contributed by atoms with van der Waals surface area (Å²) in [7, 11) is 0. The molecule has 0 aliphatic rings. The van der Waals surface area contributed by atoms with Gasteiger partial charge in [0.15, 0.2) is 0 Å². The van der Waals surface area contributed by atoms with Crippen molar-refractivity contribution < 1.29 is 4.79 Å². The van der Waals surface area contributed by atoms with Gasteiger partial charge in [-0.05, 0) is 30.4 Å². The van der Waals surface area contributed by atoms with Crippen LogP contribution in [0.4, 0.5) is 0 Å². The zero-order valence-electron chi connectivity index (χ0n) is 6.43. The molecule has 60 valence electrons. The molecule has 0 fully saturated rings. The third-order valence-electron chi connectivity index (χ3n) is 1.35. The van der Waals surface area contributed by atoms with Crippen molar-refractivity contribution in [2.45, 2.75) is 32.7 Å². The van der Waals surface area contributed by atoms with Crippen molar-refractivity contribution in [3.8, 4) is 0 Å². The van der Waals surface area contributed by atoms with Crippen molar-refractivity contribution >= 4 is 16.8 Å². The lowest BCUT2D eigenvalue weighted by Gasteiger charge is -2.07. The Morgan fingerprint density at radius 2 is 2.00 bits per heavy atom. The summed E-state index contributed by atoms with van der Waals surface area (Å²) in [6.07, 6.45) is 1.65. The molecular formula is C7H14ClNO. The lowest BCUT2D eigenvalue weighted by Crippen LogP contribution is -2.26. The summed E-state index contributed by atoms with van der Waals surface area (Å²) < 4.78 is 0. The molecule has 0 aromatic rings. The molecule has 0 amide bonds. The number of hydrogen-bond donors (Lipinski definition) is 1. The van der Waals surface area contributed by atoms with Crippen LogP contribution in [0.15, 0.2) is 0 Å². The Kier molecular flexibility index (Phi) is 4.65. The molecule has 0 heterocycles. The van der Waals surface area contributed by atoms with Crippen LogP contribution in [0.1, 0.15) is 26.7 Å². The minimum absolute atomic E-state index is 0.430. The second kappa shape index (κ2) is 4.69. The normalized spacial score (nSPS) is 13.7. The molecule has 0 aliphatic carbocycles. The van der Waals surface area contributed by atoms with Gasteiger partial charge in [0.05, 0.1) is 6.04 Å². The number of hydrogen-bond acceptors (Lipinski definition) is 2. The molecule has 3 heteroatoms. The van der Waals surface area contributed by atoms with Crippen LogP contribution in [-0.2, 0) is 4.79 Å². The molecule has 0 aliphatic heterocycles. The number of carbonyl (C=O) groups excluding carboxylic acids is 1. The van der Waals surface area contributed by atoms with Crippen LogP contribution < -0.4 is 5.73 Å². The SMILES string of the molecule is CC(C)CC[C@@H](N)C(=O)Cl. The molecule has 0 saturated carbocycles. The van der Waals surface area contributed by atoms with E-state index >= 15 is 0 Å². The third kappa shape index (κ3) is 4.77. The van der Waals surface area contributed by atoms with Gasteiger partial charge in [0.25, 0.3) is 0 Å². The van der Waals surface area contributed by atoms with Gasteiger partial charge in [-0.25, -0.2) is 0 Å². The molecule has 1 atom stereocenters. The second-order valence-electron chi connectivity index (χ2n) is 2.88. The monoisotopic (exact) mass is 163 g/mol. The first-order valence-corrected chi connectivity index (χ1v) is 3.86. The largest absolute Gasteiger partial charge is 0.320 e. The van der Waals surface area contributed by atoms with Gasteiger partial charge in [-0.3, -0.25) is 4.79 Å². The molecule has 0 spiro atoms. The maximum absolute atomic E-state index is 10.4. The van der Waals surface area contributed by atoms with E-state index < -0.39 is 11.3 Å². The van der Waals surface area contributed by atoms with Gasteiger partial charge in [-0.1, -0.05) is 13.8 Å². The van der Waals surface area contributed by atoms with Crippen LogP contribution in [0, 0.1) is 5.92 Å². The molecule has 0 aromatic carbocycles. The van der Waals surface area contributed by atoms with Crippen LogP contribution in [0.2, 0.25) is 0 Å². The fraction of sp³-hybridized carbons (Fsp3) is 0.857. The van der Waals surface area contributed by atoms with Gasteiger partial charge in [0.1, 0.15) is 0 Å². The van der Waals surface area contributed by atoms with Crippen LogP contribution in [-0.4, -0.2) is 11.3 Å². The third-order valence-corrected chi connectivity index (χ3v) is 1.63. The van der Waals surface area contributed by atoms with E-state index in [0.717, 1.165) is 6.42 Å². The molecule has 0 radical (unpaired) electrons. The smallest absolute Gasteiger partial charge is 0.238 e. The van der Waals surface area contributed by atoms with Crippen LogP contribution in [0.3, 0.4) is 0 Å². The Morgan fingerprint density at radius 3 is 2.30 bits per heavy atom. The average molecular weight is 164 g/mol. The van der Waals surface area contributed by atoms with Crippen LogP contribution in [0.25, 0.3) is 0 Å². The lowest BCUT2D eigenvalue weighted by atomic mass is 10.0. The molecular weight excluding hydrogens is 150 g/mol. The summed E-state index contributed by atoms with van der Waals surface area (Å²) >= 11 is 5.15. The quantitative estimate of drug-likeness (QED) is 0.639. The molecule has 0 unspecified atom stereocenters. The summed E-state index contributed by atoms with van der Waals surface area (Å²) in [5.74, 6) is 0.585. The van der Waals surface area contributed by atoms with Gasteiger partial charge in [-0.2, -0.15) is 0 Å². The number of rotatable bonds is 4. The lowest BCUT2D eigenvalue weighted by molar-refractivity contribution is -0.112. The predicted octanol–water partition coefficient (Wildman–Crippen LogP) is 1.52. The van der Waals surface area contributed by atoms with E-state index in [9.17, 15) is 4.79 Å². The van der Waals surface area contributed by atoms with E-state index in [1.807, 2.05) is 0 Å². The molecule has 0 bridgehead atoms. The average Bonchev–Trinajstić information content (AvgIpc) is 1.82. The van der Waals surface area contributed by atoms with Crippen LogP contribution in [0.5, 0.6) is 0 Å². The fourth-order valence-electron chi connectivity index (χ4n) is 0.626. The summed E-state index contributed by atoms with van der Waals surface area (Å²) in [5, 5.41) is -0.430. The van der Waals surface area contributed by atoms with Crippen molar-refractivity contribution in [2.24, 2.45) is 11.7 Å². The number of halogens is 1. The first-order chi connectivity index (χ1) is 4.54. The topological polar surface area (TPSA) is 43.1 Å². The zero-order chi connectivity index (χ0) is 8.15. The van der Waals surface area contributed by atoms with E-state index in [-0.39, 0.29) is 0 Å². The molecule has 0 rings (SSSR count). The van der Waals surface area contributed by atoms with Gasteiger partial charge < -0.3 is 5.73 Å². The summed E-state index contributed by atoms with van der Waals surface area (Å²) in [4.78, 5) is 10.4. The Hall–Kier alpha value is -0.0800. The highest BCUT2D eigenvalue weighted by molar-refractivity contribution is 6.64. The minimum atomic E-state index is -0.468. The Balaban J connectivity index is 3.40. The Bertz CT molecular complexity index is 114. The molecule has 0 aromatic heterocycles.